The van der Waals surface area contributed by atoms with Gasteiger partial charge in [0.15, 0.2) is 0 Å². The van der Waals surface area contributed by atoms with Gasteiger partial charge in [-0.05, 0) is 17.6 Å². The third-order valence-corrected chi connectivity index (χ3v) is 3.43. The minimum atomic E-state index is -0.960. The molecule has 0 aromatic carbocycles. The molecule has 5 heteroatoms. The Labute approximate surface area is 108 Å². The van der Waals surface area contributed by atoms with Crippen LogP contribution >= 0.6 is 11.8 Å². The van der Waals surface area contributed by atoms with E-state index in [0.717, 1.165) is 5.75 Å². The number of carbonyl (C=O) groups excluding carboxylic acids is 1. The minimum Gasteiger partial charge on any atom is -0.480 e. The third kappa shape index (κ3) is 9.03. The highest BCUT2D eigenvalue weighted by Gasteiger charge is 2.20. The van der Waals surface area contributed by atoms with E-state index in [1.807, 2.05) is 13.8 Å². The zero-order valence-corrected chi connectivity index (χ0v) is 11.8. The smallest absolute Gasteiger partial charge is 0.327 e. The Kier molecular flexibility index (Phi) is 8.04. The second-order valence-corrected chi connectivity index (χ2v) is 6.06. The summed E-state index contributed by atoms with van der Waals surface area (Å²) in [6, 6.07) is -0.773. The molecule has 0 unspecified atom stereocenters. The Morgan fingerprint density at radius 3 is 2.12 bits per heavy atom. The molecule has 0 bridgehead atoms. The summed E-state index contributed by atoms with van der Waals surface area (Å²) < 4.78 is 0. The number of carboxylic acid groups (broad SMARTS) is 1. The number of nitrogens with one attached hydrogen (secondary N) is 1. The maximum absolute atomic E-state index is 11.5. The van der Waals surface area contributed by atoms with E-state index in [1.165, 1.54) is 0 Å². The van der Waals surface area contributed by atoms with Crippen LogP contribution in [0, 0.1) is 11.8 Å². The van der Waals surface area contributed by atoms with E-state index in [2.05, 4.69) is 19.2 Å². The van der Waals surface area contributed by atoms with Gasteiger partial charge in [-0.2, -0.15) is 11.8 Å². The minimum absolute atomic E-state index is 0.183. The fourth-order valence-corrected chi connectivity index (χ4v) is 2.29. The zero-order valence-electron chi connectivity index (χ0n) is 11.0. The molecule has 17 heavy (non-hydrogen) atoms. The highest BCUT2D eigenvalue weighted by Crippen LogP contribution is 2.09. The van der Waals surface area contributed by atoms with Crippen LogP contribution in [0.2, 0.25) is 0 Å². The van der Waals surface area contributed by atoms with Crippen molar-refractivity contribution in [3.63, 3.8) is 0 Å². The lowest BCUT2D eigenvalue weighted by Crippen LogP contribution is -2.43. The van der Waals surface area contributed by atoms with Gasteiger partial charge in [-0.25, -0.2) is 4.79 Å². The zero-order chi connectivity index (χ0) is 13.4. The molecule has 0 heterocycles. The van der Waals surface area contributed by atoms with Crippen molar-refractivity contribution in [1.29, 1.82) is 0 Å². The Bertz CT molecular complexity index is 254. The van der Waals surface area contributed by atoms with Gasteiger partial charge >= 0.3 is 5.97 Å². The quantitative estimate of drug-likeness (QED) is 0.701. The van der Waals surface area contributed by atoms with Crippen LogP contribution in [0.4, 0.5) is 0 Å². The highest BCUT2D eigenvalue weighted by molar-refractivity contribution is 7.99. The van der Waals surface area contributed by atoms with E-state index in [0.29, 0.717) is 18.1 Å². The molecule has 0 aromatic heterocycles. The molecule has 4 nitrogen and oxygen atoms in total. The summed E-state index contributed by atoms with van der Waals surface area (Å²) >= 11 is 1.56. The van der Waals surface area contributed by atoms with Crippen LogP contribution in [0.5, 0.6) is 0 Å². The van der Waals surface area contributed by atoms with Crippen molar-refractivity contribution in [1.82, 2.24) is 5.32 Å². The van der Waals surface area contributed by atoms with Gasteiger partial charge in [-0.3, -0.25) is 4.79 Å². The van der Waals surface area contributed by atoms with Gasteiger partial charge in [0.2, 0.25) is 5.91 Å². The van der Waals surface area contributed by atoms with Crippen LogP contribution in [-0.2, 0) is 9.59 Å². The first-order valence-corrected chi connectivity index (χ1v) is 7.08. The molecule has 0 rings (SSSR count). The summed E-state index contributed by atoms with van der Waals surface area (Å²) in [6.45, 7) is 8.03. The number of aliphatic carboxylic acids is 1. The van der Waals surface area contributed by atoms with Crippen LogP contribution < -0.4 is 5.32 Å². The molecule has 0 aliphatic rings. The first kappa shape index (κ1) is 16.3. The number of hydrogen-bond donors (Lipinski definition) is 2. The standard InChI is InChI=1S/C12H23NO3S/c1-8(2)5-11(14)13-10(12(15)16)7-17-6-9(3)4/h8-10H,5-7H2,1-4H3,(H,13,14)(H,15,16)/t10-/m0/s1. The van der Waals surface area contributed by atoms with Crippen molar-refractivity contribution in [3.8, 4) is 0 Å². The van der Waals surface area contributed by atoms with E-state index < -0.39 is 12.0 Å². The Morgan fingerprint density at radius 1 is 1.12 bits per heavy atom. The summed E-state index contributed by atoms with van der Waals surface area (Å²) in [4.78, 5) is 22.5. The number of amides is 1. The van der Waals surface area contributed by atoms with E-state index in [1.54, 1.807) is 11.8 Å². The van der Waals surface area contributed by atoms with Crippen LogP contribution in [-0.4, -0.2) is 34.5 Å². The molecule has 1 amide bonds. The molecule has 2 N–H and O–H groups in total. The predicted molar refractivity (Wildman–Crippen MR) is 71.2 cm³/mol. The topological polar surface area (TPSA) is 66.4 Å². The molecule has 0 aliphatic carbocycles. The monoisotopic (exact) mass is 261 g/mol. The second kappa shape index (κ2) is 8.39. The van der Waals surface area contributed by atoms with Crippen molar-refractivity contribution >= 4 is 23.6 Å². The molecule has 0 aliphatic heterocycles. The first-order chi connectivity index (χ1) is 7.82. The maximum atomic E-state index is 11.5. The lowest BCUT2D eigenvalue weighted by atomic mass is 10.1. The summed E-state index contributed by atoms with van der Waals surface area (Å²) in [7, 11) is 0. The first-order valence-electron chi connectivity index (χ1n) is 5.92. The molecule has 100 valence electrons. The SMILES string of the molecule is CC(C)CSC[C@H](NC(=O)CC(C)C)C(=O)O. The van der Waals surface area contributed by atoms with Gasteiger partial charge in [0.05, 0.1) is 0 Å². The van der Waals surface area contributed by atoms with Crippen molar-refractivity contribution in [2.24, 2.45) is 11.8 Å². The lowest BCUT2D eigenvalue weighted by Gasteiger charge is -2.15. The van der Waals surface area contributed by atoms with Gasteiger partial charge in [-0.15, -0.1) is 0 Å². The molecular formula is C12H23NO3S. The van der Waals surface area contributed by atoms with E-state index in [9.17, 15) is 9.59 Å². The Balaban J connectivity index is 4.06. The Hall–Kier alpha value is -0.710. The van der Waals surface area contributed by atoms with E-state index >= 15 is 0 Å². The Morgan fingerprint density at radius 2 is 1.71 bits per heavy atom. The van der Waals surface area contributed by atoms with Gasteiger partial charge in [0, 0.05) is 12.2 Å². The van der Waals surface area contributed by atoms with Crippen molar-refractivity contribution in [3.05, 3.63) is 0 Å². The van der Waals surface area contributed by atoms with Gasteiger partial charge in [-0.1, -0.05) is 27.7 Å². The molecule has 0 radical (unpaired) electrons. The molecule has 0 fully saturated rings. The third-order valence-electron chi connectivity index (χ3n) is 1.96. The predicted octanol–water partition coefficient (Wildman–Crippen LogP) is 1.99. The lowest BCUT2D eigenvalue weighted by molar-refractivity contribution is -0.141. The molecule has 0 aromatic rings. The normalized spacial score (nSPS) is 12.8. The molecule has 0 spiro atoms. The number of thioether (sulfide) groups is 1. The molecular weight excluding hydrogens is 238 g/mol. The second-order valence-electron chi connectivity index (χ2n) is 4.99. The highest BCUT2D eigenvalue weighted by atomic mass is 32.2. The summed E-state index contributed by atoms with van der Waals surface area (Å²) in [6.07, 6.45) is 0.374. The van der Waals surface area contributed by atoms with Gasteiger partial charge in [0.1, 0.15) is 6.04 Å². The molecule has 0 saturated carbocycles. The van der Waals surface area contributed by atoms with Crippen LogP contribution in [0.3, 0.4) is 0 Å². The number of rotatable bonds is 8. The van der Waals surface area contributed by atoms with E-state index in [4.69, 9.17) is 5.11 Å². The number of hydrogen-bond acceptors (Lipinski definition) is 3. The number of carboxylic acids is 1. The van der Waals surface area contributed by atoms with Gasteiger partial charge < -0.3 is 10.4 Å². The average Bonchev–Trinajstić information content (AvgIpc) is 2.13. The fourth-order valence-electron chi connectivity index (χ4n) is 1.22. The maximum Gasteiger partial charge on any atom is 0.327 e. The van der Waals surface area contributed by atoms with Crippen molar-refractivity contribution in [2.75, 3.05) is 11.5 Å². The van der Waals surface area contributed by atoms with Crippen molar-refractivity contribution in [2.45, 2.75) is 40.2 Å². The van der Waals surface area contributed by atoms with Crippen molar-refractivity contribution < 1.29 is 14.7 Å². The fraction of sp³-hybridized carbons (Fsp3) is 0.833. The van der Waals surface area contributed by atoms with E-state index in [-0.39, 0.29) is 11.8 Å². The van der Waals surface area contributed by atoms with Crippen LogP contribution in [0.15, 0.2) is 0 Å². The summed E-state index contributed by atoms with van der Waals surface area (Å²) in [5.41, 5.74) is 0. The van der Waals surface area contributed by atoms with Gasteiger partial charge in [0.25, 0.3) is 0 Å². The molecule has 1 atom stereocenters. The molecule has 0 saturated heterocycles. The van der Waals surface area contributed by atoms with Crippen LogP contribution in [0.1, 0.15) is 34.1 Å². The largest absolute Gasteiger partial charge is 0.480 e. The van der Waals surface area contributed by atoms with Crippen LogP contribution in [0.25, 0.3) is 0 Å². The number of carbonyl (C=O) groups is 2. The summed E-state index contributed by atoms with van der Waals surface area (Å²) in [5.74, 6) is 0.964. The average molecular weight is 261 g/mol. The summed E-state index contributed by atoms with van der Waals surface area (Å²) in [5, 5.41) is 11.6.